The lowest BCUT2D eigenvalue weighted by Crippen LogP contribution is -2.36. The van der Waals surface area contributed by atoms with Gasteiger partial charge >= 0.3 is 5.69 Å². The molecule has 1 aliphatic rings. The summed E-state index contributed by atoms with van der Waals surface area (Å²) in [7, 11) is 0. The fourth-order valence-electron chi connectivity index (χ4n) is 1.91. The highest BCUT2D eigenvalue weighted by molar-refractivity contribution is 5.13. The molecule has 1 aromatic rings. The first kappa shape index (κ1) is 11.1. The van der Waals surface area contributed by atoms with Crippen molar-refractivity contribution in [2.24, 2.45) is 0 Å². The first-order chi connectivity index (χ1) is 7.61. The molecule has 0 saturated carbocycles. The Morgan fingerprint density at radius 3 is 2.75 bits per heavy atom. The average Bonchev–Trinajstić information content (AvgIpc) is 2.59. The number of aromatic nitrogens is 2. The molecule has 0 spiro atoms. The van der Waals surface area contributed by atoms with E-state index in [2.05, 4.69) is 15.3 Å². The molecule has 7 nitrogen and oxygen atoms in total. The van der Waals surface area contributed by atoms with Crippen molar-refractivity contribution >= 4 is 0 Å². The van der Waals surface area contributed by atoms with Gasteiger partial charge in [0.15, 0.2) is 0 Å². The predicted molar refractivity (Wildman–Crippen MR) is 55.1 cm³/mol. The van der Waals surface area contributed by atoms with Crippen LogP contribution in [0.25, 0.3) is 0 Å². The van der Waals surface area contributed by atoms with Crippen molar-refractivity contribution in [1.29, 1.82) is 0 Å². The number of aliphatic hydroxyl groups excluding tert-OH is 2. The molecule has 0 bridgehead atoms. The molecular formula is C9H13N3O4. The third kappa shape index (κ3) is 1.92. The molecule has 1 aromatic heterocycles. The lowest BCUT2D eigenvalue weighted by Gasteiger charge is -2.11. The highest BCUT2D eigenvalue weighted by atomic mass is 16.3. The SMILES string of the molecule is O=c1[nH]cc([C@H]2C[C@H](O)[C@@H](CO)N2)c(=O)[nH]1. The Morgan fingerprint density at radius 2 is 2.19 bits per heavy atom. The van der Waals surface area contributed by atoms with Crippen molar-refractivity contribution in [3.63, 3.8) is 0 Å². The van der Waals surface area contributed by atoms with Crippen LogP contribution in [-0.4, -0.2) is 38.9 Å². The standard InChI is InChI=1S/C9H13N3O4/c13-3-6-7(14)1-5(11-6)4-2-10-9(16)12-8(4)15/h2,5-7,11,13-14H,1,3H2,(H2,10,12,15,16)/t5-,6-,7+/m1/s1. The van der Waals surface area contributed by atoms with Crippen LogP contribution < -0.4 is 16.6 Å². The molecule has 0 aliphatic carbocycles. The molecular weight excluding hydrogens is 214 g/mol. The zero-order valence-corrected chi connectivity index (χ0v) is 8.43. The summed E-state index contributed by atoms with van der Waals surface area (Å²) < 4.78 is 0. The van der Waals surface area contributed by atoms with Gasteiger partial charge in [-0.25, -0.2) is 4.79 Å². The Kier molecular flexibility index (Phi) is 2.90. The van der Waals surface area contributed by atoms with Gasteiger partial charge in [0.2, 0.25) is 0 Å². The van der Waals surface area contributed by atoms with E-state index in [4.69, 9.17) is 5.11 Å². The summed E-state index contributed by atoms with van der Waals surface area (Å²) in [5.41, 5.74) is -0.687. The van der Waals surface area contributed by atoms with E-state index in [1.807, 2.05) is 0 Å². The highest BCUT2D eigenvalue weighted by Crippen LogP contribution is 2.23. The second-order valence-electron chi connectivity index (χ2n) is 3.84. The Hall–Kier alpha value is -1.44. The maximum atomic E-state index is 11.5. The van der Waals surface area contributed by atoms with Gasteiger partial charge < -0.3 is 20.5 Å². The van der Waals surface area contributed by atoms with E-state index < -0.39 is 23.4 Å². The molecule has 1 aliphatic heterocycles. The van der Waals surface area contributed by atoms with Crippen LogP contribution in [0.15, 0.2) is 15.8 Å². The van der Waals surface area contributed by atoms with Crippen molar-refractivity contribution in [1.82, 2.24) is 15.3 Å². The monoisotopic (exact) mass is 227 g/mol. The van der Waals surface area contributed by atoms with Crippen molar-refractivity contribution in [2.75, 3.05) is 6.61 Å². The normalized spacial score (nSPS) is 29.5. The smallest absolute Gasteiger partial charge is 0.325 e. The number of hydrogen-bond acceptors (Lipinski definition) is 5. The lowest BCUT2D eigenvalue weighted by atomic mass is 10.1. The van der Waals surface area contributed by atoms with Crippen LogP contribution in [0.2, 0.25) is 0 Å². The number of aromatic amines is 2. The van der Waals surface area contributed by atoms with Crippen molar-refractivity contribution in [3.05, 3.63) is 32.6 Å². The average molecular weight is 227 g/mol. The van der Waals surface area contributed by atoms with E-state index >= 15 is 0 Å². The summed E-state index contributed by atoms with van der Waals surface area (Å²) in [4.78, 5) is 26.8. The first-order valence-electron chi connectivity index (χ1n) is 4.98. The maximum absolute atomic E-state index is 11.5. The maximum Gasteiger partial charge on any atom is 0.325 e. The Bertz CT molecular complexity index is 480. The van der Waals surface area contributed by atoms with Crippen molar-refractivity contribution < 1.29 is 10.2 Å². The summed E-state index contributed by atoms with van der Waals surface area (Å²) in [5.74, 6) is 0. The Balaban J connectivity index is 2.27. The highest BCUT2D eigenvalue weighted by Gasteiger charge is 2.33. The van der Waals surface area contributed by atoms with E-state index in [1.165, 1.54) is 6.20 Å². The van der Waals surface area contributed by atoms with E-state index in [-0.39, 0.29) is 12.6 Å². The van der Waals surface area contributed by atoms with Crippen LogP contribution in [0.5, 0.6) is 0 Å². The number of nitrogens with one attached hydrogen (secondary N) is 3. The minimum absolute atomic E-state index is 0.196. The quantitative estimate of drug-likeness (QED) is 0.393. The number of rotatable bonds is 2. The van der Waals surface area contributed by atoms with Gasteiger partial charge in [-0.1, -0.05) is 0 Å². The topological polar surface area (TPSA) is 118 Å². The Morgan fingerprint density at radius 1 is 1.44 bits per heavy atom. The zero-order chi connectivity index (χ0) is 11.7. The Labute approximate surface area is 90.2 Å². The van der Waals surface area contributed by atoms with Gasteiger partial charge in [0, 0.05) is 12.2 Å². The molecule has 0 aromatic carbocycles. The molecule has 1 fully saturated rings. The second kappa shape index (κ2) is 4.20. The molecule has 1 saturated heterocycles. The molecule has 7 heteroatoms. The van der Waals surface area contributed by atoms with Crippen molar-refractivity contribution in [2.45, 2.75) is 24.6 Å². The van der Waals surface area contributed by atoms with Gasteiger partial charge in [0.05, 0.1) is 24.3 Å². The number of H-pyrrole nitrogens is 2. The minimum Gasteiger partial charge on any atom is -0.395 e. The van der Waals surface area contributed by atoms with Gasteiger partial charge in [0.1, 0.15) is 0 Å². The van der Waals surface area contributed by atoms with E-state index in [1.54, 1.807) is 0 Å². The molecule has 0 amide bonds. The molecule has 2 rings (SSSR count). The summed E-state index contributed by atoms with van der Waals surface area (Å²) >= 11 is 0. The van der Waals surface area contributed by atoms with Gasteiger partial charge in [-0.2, -0.15) is 0 Å². The summed E-state index contributed by atoms with van der Waals surface area (Å²) in [6, 6.07) is -0.788. The third-order valence-electron chi connectivity index (χ3n) is 2.78. The molecule has 0 unspecified atom stereocenters. The van der Waals surface area contributed by atoms with Crippen LogP contribution in [0.1, 0.15) is 18.0 Å². The van der Waals surface area contributed by atoms with E-state index in [0.717, 1.165) is 0 Å². The molecule has 2 heterocycles. The van der Waals surface area contributed by atoms with Gasteiger partial charge in [-0.15, -0.1) is 0 Å². The molecule has 16 heavy (non-hydrogen) atoms. The van der Waals surface area contributed by atoms with E-state index in [9.17, 15) is 14.7 Å². The molecule has 0 radical (unpaired) electrons. The van der Waals surface area contributed by atoms with E-state index in [0.29, 0.717) is 12.0 Å². The minimum atomic E-state index is -0.693. The zero-order valence-electron chi connectivity index (χ0n) is 8.43. The number of hydrogen-bond donors (Lipinski definition) is 5. The molecule has 5 N–H and O–H groups in total. The second-order valence-corrected chi connectivity index (χ2v) is 3.84. The van der Waals surface area contributed by atoms with Crippen LogP contribution in [0, 0.1) is 0 Å². The fraction of sp³-hybridized carbons (Fsp3) is 0.556. The van der Waals surface area contributed by atoms with Crippen LogP contribution >= 0.6 is 0 Å². The summed E-state index contributed by atoms with van der Waals surface area (Å²) in [5, 5.41) is 21.4. The molecule has 88 valence electrons. The van der Waals surface area contributed by atoms with Crippen molar-refractivity contribution in [3.8, 4) is 0 Å². The first-order valence-corrected chi connectivity index (χ1v) is 4.98. The van der Waals surface area contributed by atoms with Crippen LogP contribution in [0.3, 0.4) is 0 Å². The third-order valence-corrected chi connectivity index (χ3v) is 2.78. The molecule has 3 atom stereocenters. The fourth-order valence-corrected chi connectivity index (χ4v) is 1.91. The number of aliphatic hydroxyl groups is 2. The lowest BCUT2D eigenvalue weighted by molar-refractivity contribution is 0.121. The predicted octanol–water partition coefficient (Wildman–Crippen LogP) is -2.18. The van der Waals surface area contributed by atoms with Gasteiger partial charge in [0.25, 0.3) is 5.56 Å². The van der Waals surface area contributed by atoms with Crippen LogP contribution in [-0.2, 0) is 0 Å². The summed E-state index contributed by atoms with van der Waals surface area (Å²) in [6.07, 6.45) is 0.965. The summed E-state index contributed by atoms with van der Waals surface area (Å²) in [6.45, 7) is -0.196. The van der Waals surface area contributed by atoms with Gasteiger partial charge in [-0.3, -0.25) is 9.78 Å². The van der Waals surface area contributed by atoms with Crippen LogP contribution in [0.4, 0.5) is 0 Å². The van der Waals surface area contributed by atoms with Gasteiger partial charge in [-0.05, 0) is 6.42 Å². The largest absolute Gasteiger partial charge is 0.395 e.